The molecule has 1 heterocycles. The van der Waals surface area contributed by atoms with Crippen molar-refractivity contribution >= 4 is 17.8 Å². The Hall–Kier alpha value is -2.37. The molecule has 1 aromatic carbocycles. The summed E-state index contributed by atoms with van der Waals surface area (Å²) in [5.41, 5.74) is 1.24. The minimum Gasteiger partial charge on any atom is -0.478 e. The second-order valence-electron chi connectivity index (χ2n) is 7.19. The molecule has 2 rings (SSSR count). The van der Waals surface area contributed by atoms with Gasteiger partial charge in [-0.3, -0.25) is 9.59 Å². The third-order valence-corrected chi connectivity index (χ3v) is 5.09. The van der Waals surface area contributed by atoms with Crippen LogP contribution < -0.4 is 5.32 Å². The Morgan fingerprint density at radius 2 is 1.85 bits per heavy atom. The molecule has 0 radical (unpaired) electrons. The van der Waals surface area contributed by atoms with Gasteiger partial charge in [0, 0.05) is 32.5 Å². The van der Waals surface area contributed by atoms with E-state index in [0.29, 0.717) is 50.4 Å². The highest BCUT2D eigenvalue weighted by molar-refractivity contribution is 5.89. The van der Waals surface area contributed by atoms with E-state index < -0.39 is 5.97 Å². The average molecular weight is 374 g/mol. The Morgan fingerprint density at radius 1 is 1.15 bits per heavy atom. The number of carbonyl (C=O) groups is 3. The number of carbonyl (C=O) groups excluding carboxylic acids is 2. The fraction of sp³-hybridized carbons (Fsp3) is 0.571. The normalized spacial score (nSPS) is 14.8. The largest absolute Gasteiger partial charge is 0.478 e. The van der Waals surface area contributed by atoms with Crippen LogP contribution in [0.5, 0.6) is 0 Å². The van der Waals surface area contributed by atoms with Crippen molar-refractivity contribution in [1.82, 2.24) is 10.2 Å². The fourth-order valence-corrected chi connectivity index (χ4v) is 3.52. The smallest absolute Gasteiger partial charge is 0.335 e. The maximum Gasteiger partial charge on any atom is 0.335 e. The number of piperidine rings is 1. The van der Waals surface area contributed by atoms with E-state index >= 15 is 0 Å². The lowest BCUT2D eigenvalue weighted by Gasteiger charge is -2.32. The molecule has 2 amide bonds. The summed E-state index contributed by atoms with van der Waals surface area (Å²) in [4.78, 5) is 37.1. The van der Waals surface area contributed by atoms with Crippen LogP contribution in [0.1, 0.15) is 61.4 Å². The van der Waals surface area contributed by atoms with Crippen molar-refractivity contribution in [3.05, 3.63) is 35.4 Å². The monoisotopic (exact) mass is 374 g/mol. The maximum atomic E-state index is 12.3. The summed E-state index contributed by atoms with van der Waals surface area (Å²) in [6, 6.07) is 7.14. The van der Waals surface area contributed by atoms with Gasteiger partial charge in [-0.15, -0.1) is 0 Å². The van der Waals surface area contributed by atoms with E-state index in [0.717, 1.165) is 31.2 Å². The number of rotatable bonds is 9. The predicted molar refractivity (Wildman–Crippen MR) is 104 cm³/mol. The van der Waals surface area contributed by atoms with Crippen molar-refractivity contribution in [2.45, 2.75) is 51.9 Å². The Kier molecular flexibility index (Phi) is 8.30. The number of benzene rings is 1. The van der Waals surface area contributed by atoms with Gasteiger partial charge in [-0.2, -0.15) is 0 Å². The SMILES string of the molecule is CCCNC(=O)CCCC(=O)N1CCC(Cc2ccccc2C(=O)O)CC1. The molecule has 0 saturated carbocycles. The number of likely N-dealkylation sites (tertiary alicyclic amines) is 1. The summed E-state index contributed by atoms with van der Waals surface area (Å²) in [7, 11) is 0. The molecule has 1 aromatic rings. The minimum atomic E-state index is -0.888. The number of nitrogens with zero attached hydrogens (tertiary/aromatic N) is 1. The summed E-state index contributed by atoms with van der Waals surface area (Å²) in [6.45, 7) is 4.11. The highest BCUT2D eigenvalue weighted by Crippen LogP contribution is 2.24. The average Bonchev–Trinajstić information content (AvgIpc) is 2.67. The zero-order valence-corrected chi connectivity index (χ0v) is 16.1. The Balaban J connectivity index is 1.73. The molecule has 148 valence electrons. The van der Waals surface area contributed by atoms with Crippen LogP contribution in [0, 0.1) is 5.92 Å². The summed E-state index contributed by atoms with van der Waals surface area (Å²) in [5.74, 6) is -0.362. The molecule has 0 bridgehead atoms. The molecule has 1 saturated heterocycles. The van der Waals surface area contributed by atoms with Crippen LogP contribution in [0.25, 0.3) is 0 Å². The van der Waals surface area contributed by atoms with Gasteiger partial charge in [-0.25, -0.2) is 4.79 Å². The first-order chi connectivity index (χ1) is 13.0. The predicted octanol–water partition coefficient (Wildman–Crippen LogP) is 2.86. The van der Waals surface area contributed by atoms with E-state index in [-0.39, 0.29) is 11.8 Å². The highest BCUT2D eigenvalue weighted by Gasteiger charge is 2.24. The zero-order valence-electron chi connectivity index (χ0n) is 16.1. The van der Waals surface area contributed by atoms with Crippen LogP contribution in [0.15, 0.2) is 24.3 Å². The first kappa shape index (κ1) is 20.9. The molecular weight excluding hydrogens is 344 g/mol. The lowest BCUT2D eigenvalue weighted by molar-refractivity contribution is -0.132. The van der Waals surface area contributed by atoms with E-state index in [4.69, 9.17) is 0 Å². The molecule has 6 nitrogen and oxygen atoms in total. The molecule has 1 fully saturated rings. The third kappa shape index (κ3) is 6.70. The highest BCUT2D eigenvalue weighted by atomic mass is 16.4. The summed E-state index contributed by atoms with van der Waals surface area (Å²) in [6.07, 6.45) is 4.81. The molecule has 1 aliphatic heterocycles. The molecule has 1 aliphatic rings. The number of hydrogen-bond donors (Lipinski definition) is 2. The summed E-state index contributed by atoms with van der Waals surface area (Å²) >= 11 is 0. The maximum absolute atomic E-state index is 12.3. The van der Waals surface area contributed by atoms with Gasteiger partial charge < -0.3 is 15.3 Å². The molecule has 6 heteroatoms. The molecule has 27 heavy (non-hydrogen) atoms. The van der Waals surface area contributed by atoms with Gasteiger partial charge in [0.05, 0.1) is 5.56 Å². The number of carboxylic acids is 1. The van der Waals surface area contributed by atoms with Crippen LogP contribution in [-0.2, 0) is 16.0 Å². The molecule has 0 spiro atoms. The minimum absolute atomic E-state index is 0.0143. The fourth-order valence-electron chi connectivity index (χ4n) is 3.52. The standard InChI is InChI=1S/C21H30N2O4/c1-2-12-22-19(24)8-5-9-20(25)23-13-10-16(11-14-23)15-17-6-3-4-7-18(17)21(26)27/h3-4,6-7,16H,2,5,8-15H2,1H3,(H,22,24)(H,26,27). The van der Waals surface area contributed by atoms with Gasteiger partial charge >= 0.3 is 5.97 Å². The van der Waals surface area contributed by atoms with Crippen LogP contribution in [-0.4, -0.2) is 47.4 Å². The zero-order chi connectivity index (χ0) is 19.6. The number of aromatic carboxylic acids is 1. The molecule has 0 aromatic heterocycles. The van der Waals surface area contributed by atoms with E-state index in [1.807, 2.05) is 24.0 Å². The van der Waals surface area contributed by atoms with Crippen molar-refractivity contribution in [3.63, 3.8) is 0 Å². The number of amides is 2. The van der Waals surface area contributed by atoms with Crippen LogP contribution in [0.4, 0.5) is 0 Å². The summed E-state index contributed by atoms with van der Waals surface area (Å²) in [5, 5.41) is 12.1. The topological polar surface area (TPSA) is 86.7 Å². The summed E-state index contributed by atoms with van der Waals surface area (Å²) < 4.78 is 0. The Bertz CT molecular complexity index is 651. The number of carboxylic acid groups (broad SMARTS) is 1. The van der Waals surface area contributed by atoms with Gasteiger partial charge in [-0.1, -0.05) is 25.1 Å². The first-order valence-electron chi connectivity index (χ1n) is 9.87. The van der Waals surface area contributed by atoms with Crippen molar-refractivity contribution in [2.75, 3.05) is 19.6 Å². The molecular formula is C21H30N2O4. The van der Waals surface area contributed by atoms with E-state index in [9.17, 15) is 19.5 Å². The Labute approximate surface area is 160 Å². The Morgan fingerprint density at radius 3 is 2.52 bits per heavy atom. The van der Waals surface area contributed by atoms with Crippen LogP contribution in [0.2, 0.25) is 0 Å². The van der Waals surface area contributed by atoms with Gasteiger partial charge in [0.25, 0.3) is 0 Å². The first-order valence-corrected chi connectivity index (χ1v) is 9.87. The van der Waals surface area contributed by atoms with Crippen molar-refractivity contribution in [1.29, 1.82) is 0 Å². The van der Waals surface area contributed by atoms with Gasteiger partial charge in [0.15, 0.2) is 0 Å². The van der Waals surface area contributed by atoms with Gasteiger partial charge in [0.2, 0.25) is 11.8 Å². The number of hydrogen-bond acceptors (Lipinski definition) is 3. The second kappa shape index (κ2) is 10.7. The van der Waals surface area contributed by atoms with E-state index in [1.54, 1.807) is 12.1 Å². The van der Waals surface area contributed by atoms with E-state index in [1.165, 1.54) is 0 Å². The van der Waals surface area contributed by atoms with Crippen LogP contribution >= 0.6 is 0 Å². The lowest BCUT2D eigenvalue weighted by Crippen LogP contribution is -2.39. The van der Waals surface area contributed by atoms with Crippen LogP contribution in [0.3, 0.4) is 0 Å². The van der Waals surface area contributed by atoms with Gasteiger partial charge in [-0.05, 0) is 49.7 Å². The molecule has 0 atom stereocenters. The molecule has 2 N–H and O–H groups in total. The van der Waals surface area contributed by atoms with Crippen molar-refractivity contribution in [2.24, 2.45) is 5.92 Å². The van der Waals surface area contributed by atoms with Gasteiger partial charge in [0.1, 0.15) is 0 Å². The molecule has 0 aliphatic carbocycles. The second-order valence-corrected chi connectivity index (χ2v) is 7.19. The third-order valence-electron chi connectivity index (χ3n) is 5.09. The lowest BCUT2D eigenvalue weighted by atomic mass is 9.88. The van der Waals surface area contributed by atoms with E-state index in [2.05, 4.69) is 5.32 Å². The van der Waals surface area contributed by atoms with Crippen molar-refractivity contribution < 1.29 is 19.5 Å². The molecule has 0 unspecified atom stereocenters. The van der Waals surface area contributed by atoms with Crippen molar-refractivity contribution in [3.8, 4) is 0 Å². The number of nitrogens with one attached hydrogen (secondary N) is 1. The quantitative estimate of drug-likeness (QED) is 0.696.